The number of benzene rings is 1. The number of aromatic nitrogens is 5. The maximum atomic E-state index is 12.4. The van der Waals surface area contributed by atoms with Crippen LogP contribution in [0.3, 0.4) is 0 Å². The molecule has 1 aliphatic rings. The molecule has 8 heteroatoms. The minimum absolute atomic E-state index is 0.0404. The van der Waals surface area contributed by atoms with Gasteiger partial charge >= 0.3 is 0 Å². The Labute approximate surface area is 161 Å². The SMILES string of the molecule is CCCC1CCc2nc(NC(=O)Cc3ccc(-n4cnnn4)cc3)sc2C1. The Bertz CT molecular complexity index is 903. The van der Waals surface area contributed by atoms with Crippen molar-refractivity contribution in [1.82, 2.24) is 25.2 Å². The highest BCUT2D eigenvalue weighted by Crippen LogP contribution is 2.34. The van der Waals surface area contributed by atoms with Gasteiger partial charge in [-0.3, -0.25) is 4.79 Å². The van der Waals surface area contributed by atoms with Crippen LogP contribution in [-0.2, 0) is 24.1 Å². The molecule has 7 nitrogen and oxygen atoms in total. The summed E-state index contributed by atoms with van der Waals surface area (Å²) in [5.74, 6) is 0.728. The molecule has 4 rings (SSSR count). The molecule has 2 heterocycles. The van der Waals surface area contributed by atoms with Gasteiger partial charge in [-0.2, -0.15) is 0 Å². The van der Waals surface area contributed by atoms with Gasteiger partial charge in [-0.15, -0.1) is 16.4 Å². The first-order valence-electron chi connectivity index (χ1n) is 9.32. The maximum absolute atomic E-state index is 12.4. The number of hydrogen-bond acceptors (Lipinski definition) is 6. The van der Waals surface area contributed by atoms with Crippen LogP contribution in [0.15, 0.2) is 30.6 Å². The van der Waals surface area contributed by atoms with E-state index in [0.717, 1.165) is 35.1 Å². The third-order valence-electron chi connectivity index (χ3n) is 4.90. The summed E-state index contributed by atoms with van der Waals surface area (Å²) in [4.78, 5) is 18.4. The van der Waals surface area contributed by atoms with Crippen LogP contribution in [0.5, 0.6) is 0 Å². The van der Waals surface area contributed by atoms with Gasteiger partial charge in [0.1, 0.15) is 6.33 Å². The number of nitrogens with one attached hydrogen (secondary N) is 1. The van der Waals surface area contributed by atoms with Crippen LogP contribution in [0.4, 0.5) is 5.13 Å². The molecule has 0 fully saturated rings. The lowest BCUT2D eigenvalue weighted by atomic mass is 9.88. The standard InChI is InChI=1S/C19H22N6OS/c1-2-3-13-6-9-16-17(10-13)27-19(21-16)22-18(26)11-14-4-7-15(8-5-14)25-12-20-23-24-25/h4-5,7-8,12-13H,2-3,6,9-11H2,1H3,(H,21,22,26). The van der Waals surface area contributed by atoms with E-state index in [1.165, 1.54) is 36.2 Å². The highest BCUT2D eigenvalue weighted by molar-refractivity contribution is 7.15. The van der Waals surface area contributed by atoms with Gasteiger partial charge in [0, 0.05) is 4.88 Å². The lowest BCUT2D eigenvalue weighted by Crippen LogP contribution is -2.14. The molecule has 1 atom stereocenters. The van der Waals surface area contributed by atoms with E-state index < -0.39 is 0 Å². The van der Waals surface area contributed by atoms with Crippen LogP contribution in [0.2, 0.25) is 0 Å². The number of rotatable bonds is 6. The van der Waals surface area contributed by atoms with Gasteiger partial charge in [0.15, 0.2) is 5.13 Å². The molecule has 1 amide bonds. The third kappa shape index (κ3) is 4.21. The number of amides is 1. The number of carbonyl (C=O) groups excluding carboxylic acids is 1. The molecule has 0 bridgehead atoms. The summed E-state index contributed by atoms with van der Waals surface area (Å²) in [6.07, 6.45) is 7.72. The van der Waals surface area contributed by atoms with Crippen molar-refractivity contribution in [3.8, 4) is 5.69 Å². The van der Waals surface area contributed by atoms with E-state index in [0.29, 0.717) is 6.42 Å². The molecular formula is C19H22N6OS. The topological polar surface area (TPSA) is 85.6 Å². The van der Waals surface area contributed by atoms with Crippen molar-refractivity contribution in [2.45, 2.75) is 45.4 Å². The Morgan fingerprint density at radius 3 is 2.93 bits per heavy atom. The Kier molecular flexibility index (Phi) is 5.24. The van der Waals surface area contributed by atoms with Crippen LogP contribution in [0.25, 0.3) is 5.69 Å². The zero-order valence-corrected chi connectivity index (χ0v) is 16.1. The number of carbonyl (C=O) groups is 1. The lowest BCUT2D eigenvalue weighted by molar-refractivity contribution is -0.115. The molecule has 0 saturated carbocycles. The fourth-order valence-electron chi connectivity index (χ4n) is 3.55. The Hall–Kier alpha value is -2.61. The van der Waals surface area contributed by atoms with Crippen molar-refractivity contribution in [2.24, 2.45) is 5.92 Å². The van der Waals surface area contributed by atoms with E-state index in [2.05, 4.69) is 32.7 Å². The van der Waals surface area contributed by atoms with Gasteiger partial charge in [-0.1, -0.05) is 31.9 Å². The number of tetrazole rings is 1. The Morgan fingerprint density at radius 2 is 2.19 bits per heavy atom. The first kappa shape index (κ1) is 17.8. The second-order valence-electron chi connectivity index (χ2n) is 6.93. The molecule has 0 saturated heterocycles. The van der Waals surface area contributed by atoms with Gasteiger partial charge in [0.25, 0.3) is 0 Å². The molecule has 0 radical (unpaired) electrons. The van der Waals surface area contributed by atoms with Crippen molar-refractivity contribution >= 4 is 22.4 Å². The smallest absolute Gasteiger partial charge is 0.230 e. The first-order chi connectivity index (χ1) is 13.2. The van der Waals surface area contributed by atoms with E-state index in [4.69, 9.17) is 0 Å². The van der Waals surface area contributed by atoms with Crippen LogP contribution in [-0.4, -0.2) is 31.1 Å². The summed E-state index contributed by atoms with van der Waals surface area (Å²) in [6, 6.07) is 7.63. The fourth-order valence-corrected chi connectivity index (χ4v) is 4.68. The minimum atomic E-state index is -0.0404. The predicted molar refractivity (Wildman–Crippen MR) is 104 cm³/mol. The summed E-state index contributed by atoms with van der Waals surface area (Å²) in [6.45, 7) is 2.24. The molecule has 1 aliphatic carbocycles. The Balaban J connectivity index is 1.36. The van der Waals surface area contributed by atoms with Crippen LogP contribution < -0.4 is 5.32 Å². The first-order valence-corrected chi connectivity index (χ1v) is 10.1. The zero-order valence-electron chi connectivity index (χ0n) is 15.3. The van der Waals surface area contributed by atoms with E-state index >= 15 is 0 Å². The van der Waals surface area contributed by atoms with Gasteiger partial charge < -0.3 is 5.32 Å². The Morgan fingerprint density at radius 1 is 1.33 bits per heavy atom. The number of aryl methyl sites for hydroxylation is 1. The average molecular weight is 382 g/mol. The summed E-state index contributed by atoms with van der Waals surface area (Å²) < 4.78 is 1.58. The van der Waals surface area contributed by atoms with E-state index in [1.807, 2.05) is 24.3 Å². The largest absolute Gasteiger partial charge is 0.302 e. The third-order valence-corrected chi connectivity index (χ3v) is 5.93. The van der Waals surface area contributed by atoms with Gasteiger partial charge in [0.05, 0.1) is 17.8 Å². The lowest BCUT2D eigenvalue weighted by Gasteiger charge is -2.19. The van der Waals surface area contributed by atoms with Crippen LogP contribution in [0.1, 0.15) is 42.3 Å². The highest BCUT2D eigenvalue weighted by atomic mass is 32.1. The minimum Gasteiger partial charge on any atom is -0.302 e. The molecule has 3 aromatic rings. The number of fused-ring (bicyclic) bond motifs is 1. The number of thiazole rings is 1. The average Bonchev–Trinajstić information content (AvgIpc) is 3.31. The van der Waals surface area contributed by atoms with Crippen molar-refractivity contribution in [3.05, 3.63) is 46.7 Å². The number of anilines is 1. The monoisotopic (exact) mass is 382 g/mol. The molecule has 27 heavy (non-hydrogen) atoms. The van der Waals surface area contributed by atoms with E-state index in [9.17, 15) is 4.79 Å². The van der Waals surface area contributed by atoms with Gasteiger partial charge in [0.2, 0.25) is 5.91 Å². The molecule has 2 aromatic heterocycles. The molecule has 0 spiro atoms. The molecule has 1 N–H and O–H groups in total. The summed E-state index contributed by atoms with van der Waals surface area (Å²) in [7, 11) is 0. The van der Waals surface area contributed by atoms with Crippen molar-refractivity contribution in [2.75, 3.05) is 5.32 Å². The quantitative estimate of drug-likeness (QED) is 0.707. The highest BCUT2D eigenvalue weighted by Gasteiger charge is 2.22. The molecule has 0 aliphatic heterocycles. The second kappa shape index (κ2) is 7.96. The molecule has 1 unspecified atom stereocenters. The molecule has 140 valence electrons. The van der Waals surface area contributed by atoms with Gasteiger partial charge in [-0.25, -0.2) is 9.67 Å². The molecular weight excluding hydrogens is 360 g/mol. The van der Waals surface area contributed by atoms with Crippen molar-refractivity contribution in [3.63, 3.8) is 0 Å². The summed E-state index contributed by atoms with van der Waals surface area (Å²) >= 11 is 1.64. The van der Waals surface area contributed by atoms with Crippen LogP contribution in [0, 0.1) is 5.92 Å². The zero-order chi connectivity index (χ0) is 18.6. The van der Waals surface area contributed by atoms with Crippen LogP contribution >= 0.6 is 11.3 Å². The summed E-state index contributed by atoms with van der Waals surface area (Å²) in [5.41, 5.74) is 2.97. The van der Waals surface area contributed by atoms with E-state index in [-0.39, 0.29) is 5.91 Å². The normalized spacial score (nSPS) is 16.1. The molecule has 1 aromatic carbocycles. The fraction of sp³-hybridized carbons (Fsp3) is 0.421. The maximum Gasteiger partial charge on any atom is 0.230 e. The second-order valence-corrected chi connectivity index (χ2v) is 8.02. The van der Waals surface area contributed by atoms with E-state index in [1.54, 1.807) is 16.0 Å². The number of nitrogens with zero attached hydrogens (tertiary/aromatic N) is 5. The predicted octanol–water partition coefficient (Wildman–Crippen LogP) is 3.21. The summed E-state index contributed by atoms with van der Waals surface area (Å²) in [5, 5.41) is 14.8. The number of hydrogen-bond donors (Lipinski definition) is 1. The van der Waals surface area contributed by atoms with Gasteiger partial charge in [-0.05, 0) is 53.3 Å². The van der Waals surface area contributed by atoms with Crippen molar-refractivity contribution < 1.29 is 4.79 Å². The van der Waals surface area contributed by atoms with Crippen molar-refractivity contribution in [1.29, 1.82) is 0 Å².